The highest BCUT2D eigenvalue weighted by Gasteiger charge is 2.34. The monoisotopic (exact) mass is 507 g/mol. The van der Waals surface area contributed by atoms with Crippen LogP contribution in [0.1, 0.15) is 29.0 Å². The van der Waals surface area contributed by atoms with Crippen LogP contribution in [0.2, 0.25) is 0 Å². The molecule has 0 spiro atoms. The van der Waals surface area contributed by atoms with Crippen LogP contribution >= 0.6 is 11.3 Å². The Morgan fingerprint density at radius 1 is 1.03 bits per heavy atom. The number of piperazine rings is 1. The summed E-state index contributed by atoms with van der Waals surface area (Å²) in [5.74, 6) is 0.350. The van der Waals surface area contributed by atoms with Gasteiger partial charge in [0.05, 0.1) is 12.6 Å². The van der Waals surface area contributed by atoms with E-state index in [-0.39, 0.29) is 42.9 Å². The zero-order chi connectivity index (χ0) is 25.1. The lowest BCUT2D eigenvalue weighted by Gasteiger charge is -2.41. The van der Waals surface area contributed by atoms with Gasteiger partial charge in [0, 0.05) is 37.1 Å². The molecule has 2 atom stereocenters. The number of carbonyl (C=O) groups excluding carboxylic acids is 2. The van der Waals surface area contributed by atoms with Crippen LogP contribution in [0.3, 0.4) is 0 Å². The van der Waals surface area contributed by atoms with Gasteiger partial charge in [0.2, 0.25) is 5.91 Å². The van der Waals surface area contributed by atoms with Crippen molar-refractivity contribution in [1.29, 1.82) is 0 Å². The maximum Gasteiger partial charge on any atom is 0.260 e. The fourth-order valence-corrected chi connectivity index (χ4v) is 6.08. The van der Waals surface area contributed by atoms with Crippen molar-refractivity contribution >= 4 is 23.2 Å². The zero-order valence-electron chi connectivity index (χ0n) is 20.3. The molecule has 2 aromatic carbocycles. The Kier molecular flexibility index (Phi) is 7.34. The molecule has 3 aromatic rings. The molecule has 0 aliphatic carbocycles. The van der Waals surface area contributed by atoms with Crippen LogP contribution in [-0.2, 0) is 16.0 Å². The van der Waals surface area contributed by atoms with Crippen LogP contribution in [0.5, 0.6) is 5.75 Å². The molecule has 188 valence electrons. The first-order chi connectivity index (χ1) is 17.5. The van der Waals surface area contributed by atoms with Crippen LogP contribution in [0.25, 0.3) is 0 Å². The Bertz CT molecular complexity index is 1220. The summed E-state index contributed by atoms with van der Waals surface area (Å²) in [7, 11) is 0. The van der Waals surface area contributed by atoms with Gasteiger partial charge in [-0.1, -0.05) is 30.3 Å². The normalized spacial score (nSPS) is 20.2. The van der Waals surface area contributed by atoms with Gasteiger partial charge in [0.25, 0.3) is 5.91 Å². The van der Waals surface area contributed by atoms with E-state index in [2.05, 4.69) is 16.3 Å². The van der Waals surface area contributed by atoms with Crippen molar-refractivity contribution in [2.45, 2.75) is 25.4 Å². The molecule has 1 aromatic heterocycles. The molecule has 1 fully saturated rings. The molecule has 5 rings (SSSR count). The minimum atomic E-state index is -0.271. The van der Waals surface area contributed by atoms with Gasteiger partial charge in [0.15, 0.2) is 6.61 Å². The predicted molar refractivity (Wildman–Crippen MR) is 138 cm³/mol. The van der Waals surface area contributed by atoms with Gasteiger partial charge in [-0.3, -0.25) is 14.5 Å². The number of carbonyl (C=O) groups is 2. The number of amides is 2. The van der Waals surface area contributed by atoms with Crippen molar-refractivity contribution in [3.63, 3.8) is 0 Å². The SMILES string of the molecule is C[C@@H]1CN(C(=O)CN2CCc3sccc3[C@@H]2c2cccc(F)c2)CCN1C(=O)COc1ccccc1. The van der Waals surface area contributed by atoms with E-state index in [0.29, 0.717) is 25.4 Å². The lowest BCUT2D eigenvalue weighted by atomic mass is 9.93. The van der Waals surface area contributed by atoms with Crippen LogP contribution in [0.15, 0.2) is 66.0 Å². The second-order valence-electron chi connectivity index (χ2n) is 9.35. The van der Waals surface area contributed by atoms with Gasteiger partial charge >= 0.3 is 0 Å². The molecule has 3 heterocycles. The second-order valence-corrected chi connectivity index (χ2v) is 10.4. The van der Waals surface area contributed by atoms with Crippen LogP contribution < -0.4 is 4.74 Å². The Morgan fingerprint density at radius 3 is 2.64 bits per heavy atom. The third kappa shape index (κ3) is 5.29. The van der Waals surface area contributed by atoms with Crippen molar-refractivity contribution < 1.29 is 18.7 Å². The van der Waals surface area contributed by atoms with E-state index in [1.54, 1.807) is 28.4 Å². The summed E-state index contributed by atoms with van der Waals surface area (Å²) < 4.78 is 19.7. The maximum absolute atomic E-state index is 14.1. The third-order valence-corrected chi connectivity index (χ3v) is 7.97. The number of rotatable bonds is 6. The molecule has 8 heteroatoms. The fourth-order valence-electron chi connectivity index (χ4n) is 5.18. The number of para-hydroxylation sites is 1. The smallest absolute Gasteiger partial charge is 0.260 e. The van der Waals surface area contributed by atoms with Crippen molar-refractivity contribution in [3.05, 3.63) is 87.9 Å². The zero-order valence-corrected chi connectivity index (χ0v) is 21.1. The first-order valence-electron chi connectivity index (χ1n) is 12.3. The van der Waals surface area contributed by atoms with E-state index in [1.807, 2.05) is 48.2 Å². The fraction of sp³-hybridized carbons (Fsp3) is 0.357. The van der Waals surface area contributed by atoms with Crippen molar-refractivity contribution in [2.24, 2.45) is 0 Å². The number of benzene rings is 2. The van der Waals surface area contributed by atoms with Gasteiger partial charge in [0.1, 0.15) is 11.6 Å². The minimum Gasteiger partial charge on any atom is -0.484 e. The molecule has 36 heavy (non-hydrogen) atoms. The number of hydrogen-bond acceptors (Lipinski definition) is 5. The molecule has 1 saturated heterocycles. The molecule has 0 radical (unpaired) electrons. The summed E-state index contributed by atoms with van der Waals surface area (Å²) in [6, 6.07) is 17.8. The number of nitrogens with zero attached hydrogens (tertiary/aromatic N) is 3. The molecule has 0 N–H and O–H groups in total. The molecule has 0 bridgehead atoms. The number of ether oxygens (including phenoxy) is 1. The predicted octanol–water partition coefficient (Wildman–Crippen LogP) is 3.97. The van der Waals surface area contributed by atoms with E-state index < -0.39 is 0 Å². The van der Waals surface area contributed by atoms with Crippen LogP contribution in [0, 0.1) is 5.82 Å². The maximum atomic E-state index is 14.1. The summed E-state index contributed by atoms with van der Waals surface area (Å²) in [4.78, 5) is 33.2. The molecule has 2 amide bonds. The highest BCUT2D eigenvalue weighted by Crippen LogP contribution is 2.37. The Labute approximate surface area is 214 Å². The number of halogens is 1. The molecule has 0 unspecified atom stereocenters. The highest BCUT2D eigenvalue weighted by molar-refractivity contribution is 7.10. The first kappa shape index (κ1) is 24.5. The number of hydrogen-bond donors (Lipinski definition) is 0. The Balaban J connectivity index is 1.21. The Morgan fingerprint density at radius 2 is 1.86 bits per heavy atom. The average molecular weight is 508 g/mol. The largest absolute Gasteiger partial charge is 0.484 e. The van der Waals surface area contributed by atoms with Gasteiger partial charge in [-0.15, -0.1) is 11.3 Å². The van der Waals surface area contributed by atoms with E-state index in [4.69, 9.17) is 4.74 Å². The summed E-state index contributed by atoms with van der Waals surface area (Å²) in [6.07, 6.45) is 0.881. The quantitative estimate of drug-likeness (QED) is 0.507. The minimum absolute atomic E-state index is 0.0195. The lowest BCUT2D eigenvalue weighted by molar-refractivity contribution is -0.144. The summed E-state index contributed by atoms with van der Waals surface area (Å²) in [5.41, 5.74) is 2.02. The van der Waals surface area contributed by atoms with Crippen LogP contribution in [0.4, 0.5) is 4.39 Å². The number of thiophene rings is 1. The second kappa shape index (κ2) is 10.8. The summed E-state index contributed by atoms with van der Waals surface area (Å²) in [6.45, 7) is 4.40. The van der Waals surface area contributed by atoms with Gasteiger partial charge in [-0.2, -0.15) is 0 Å². The molecular weight excluding hydrogens is 477 g/mol. The molecular formula is C28H30FN3O3S. The van der Waals surface area contributed by atoms with Crippen LogP contribution in [-0.4, -0.2) is 71.9 Å². The van der Waals surface area contributed by atoms with Gasteiger partial charge in [-0.25, -0.2) is 4.39 Å². The van der Waals surface area contributed by atoms with E-state index in [1.165, 1.54) is 10.9 Å². The first-order valence-corrected chi connectivity index (χ1v) is 13.2. The van der Waals surface area contributed by atoms with Crippen molar-refractivity contribution in [2.75, 3.05) is 39.3 Å². The molecule has 2 aliphatic heterocycles. The summed E-state index contributed by atoms with van der Waals surface area (Å²) in [5, 5.41) is 2.07. The van der Waals surface area contributed by atoms with Gasteiger partial charge in [-0.05, 0) is 60.2 Å². The Hall–Kier alpha value is -3.23. The molecule has 6 nitrogen and oxygen atoms in total. The molecule has 0 saturated carbocycles. The van der Waals surface area contributed by atoms with E-state index in [9.17, 15) is 14.0 Å². The summed E-state index contributed by atoms with van der Waals surface area (Å²) >= 11 is 1.72. The standard InChI is InChI=1S/C28H30FN3O3S/c1-20-17-30(13-14-32(20)27(34)19-35-23-8-3-2-4-9-23)26(33)18-31-12-10-25-24(11-15-36-25)28(31)21-6-5-7-22(29)16-21/h2-9,11,15-16,20,28H,10,12-14,17-19H2,1H3/t20-,28+/m1/s1. The topological polar surface area (TPSA) is 53.1 Å². The van der Waals surface area contributed by atoms with E-state index >= 15 is 0 Å². The third-order valence-electron chi connectivity index (χ3n) is 6.97. The van der Waals surface area contributed by atoms with E-state index in [0.717, 1.165) is 24.1 Å². The average Bonchev–Trinajstić information content (AvgIpc) is 3.36. The molecule has 2 aliphatic rings. The van der Waals surface area contributed by atoms with Crippen molar-refractivity contribution in [1.82, 2.24) is 14.7 Å². The van der Waals surface area contributed by atoms with Gasteiger partial charge < -0.3 is 14.5 Å². The highest BCUT2D eigenvalue weighted by atomic mass is 32.1. The van der Waals surface area contributed by atoms with Crippen molar-refractivity contribution in [3.8, 4) is 5.75 Å². The lowest BCUT2D eigenvalue weighted by Crippen LogP contribution is -2.57. The number of fused-ring (bicyclic) bond motifs is 1.